The normalized spacial score (nSPS) is 24.1. The van der Waals surface area contributed by atoms with Crippen molar-refractivity contribution in [3.63, 3.8) is 0 Å². The molecule has 0 saturated carbocycles. The summed E-state index contributed by atoms with van der Waals surface area (Å²) in [6, 6.07) is 5.40. The van der Waals surface area contributed by atoms with E-state index in [9.17, 15) is 13.2 Å². The molecule has 1 N–H and O–H groups in total. The van der Waals surface area contributed by atoms with Gasteiger partial charge < -0.3 is 9.80 Å². The second-order valence-electron chi connectivity index (χ2n) is 6.55. The lowest BCUT2D eigenvalue weighted by atomic mass is 10.1. The molecule has 0 aliphatic carbocycles. The molecule has 2 heterocycles. The summed E-state index contributed by atoms with van der Waals surface area (Å²) in [5.41, 5.74) is 0.639. The highest BCUT2D eigenvalue weighted by molar-refractivity contribution is 7.91. The monoisotopic (exact) mass is 403 g/mol. The third-order valence-corrected chi connectivity index (χ3v) is 7.35. The summed E-state index contributed by atoms with van der Waals surface area (Å²) in [4.78, 5) is 15.5. The zero-order chi connectivity index (χ0) is 18.0. The Morgan fingerprint density at radius 2 is 1.84 bits per heavy atom. The van der Waals surface area contributed by atoms with Gasteiger partial charge in [0, 0.05) is 28.1 Å². The summed E-state index contributed by atoms with van der Waals surface area (Å²) >= 11 is 12.2. The summed E-state index contributed by atoms with van der Waals surface area (Å²) < 4.78 is 23.2. The van der Waals surface area contributed by atoms with E-state index in [0.717, 1.165) is 19.5 Å². The van der Waals surface area contributed by atoms with Gasteiger partial charge >= 0.3 is 0 Å². The Labute approximate surface area is 158 Å². The van der Waals surface area contributed by atoms with Crippen molar-refractivity contribution in [3.8, 4) is 0 Å². The van der Waals surface area contributed by atoms with E-state index in [2.05, 4.69) is 0 Å². The molecule has 1 aromatic rings. The van der Waals surface area contributed by atoms with Gasteiger partial charge in [0.25, 0.3) is 0 Å². The number of carbonyl (C=O) groups is 1. The Balaban J connectivity index is 1.56. The third kappa shape index (κ3) is 4.56. The molecule has 25 heavy (non-hydrogen) atoms. The molecule has 8 heteroatoms. The molecule has 0 unspecified atom stereocenters. The summed E-state index contributed by atoms with van der Waals surface area (Å²) in [7, 11) is -2.86. The second-order valence-corrected chi connectivity index (χ2v) is 9.60. The van der Waals surface area contributed by atoms with Crippen LogP contribution >= 0.6 is 23.2 Å². The largest absolute Gasteiger partial charge is 0.329 e. The van der Waals surface area contributed by atoms with Crippen molar-refractivity contribution in [2.75, 3.05) is 37.7 Å². The molecule has 0 spiro atoms. The van der Waals surface area contributed by atoms with E-state index >= 15 is 0 Å². The quantitative estimate of drug-likeness (QED) is 0.763. The Hall–Kier alpha value is -1.08. The first-order chi connectivity index (χ1) is 11.9. The first-order valence-corrected chi connectivity index (χ1v) is 10.9. The van der Waals surface area contributed by atoms with E-state index in [0.29, 0.717) is 34.5 Å². The molecule has 2 saturated heterocycles. The van der Waals surface area contributed by atoms with Gasteiger partial charge in [-0.2, -0.15) is 0 Å². The molecule has 1 aromatic carbocycles. The number of hydrogen-bond acceptors (Lipinski definition) is 3. The molecule has 136 valence electrons. The van der Waals surface area contributed by atoms with Crippen LogP contribution in [0.4, 0.5) is 0 Å². The number of quaternary nitrogens is 1. The van der Waals surface area contributed by atoms with Crippen LogP contribution in [0.1, 0.15) is 12.0 Å². The lowest BCUT2D eigenvalue weighted by Crippen LogP contribution is -3.18. The Morgan fingerprint density at radius 3 is 2.40 bits per heavy atom. The van der Waals surface area contributed by atoms with Crippen molar-refractivity contribution >= 4 is 45.0 Å². The molecule has 5 nitrogen and oxygen atoms in total. The molecule has 2 aliphatic heterocycles. The molecule has 0 bridgehead atoms. The van der Waals surface area contributed by atoms with Gasteiger partial charge in [-0.05, 0) is 18.2 Å². The van der Waals surface area contributed by atoms with Crippen LogP contribution in [0.15, 0.2) is 24.3 Å². The highest BCUT2D eigenvalue weighted by Crippen LogP contribution is 2.25. The first kappa shape index (κ1) is 18.7. The predicted octanol–water partition coefficient (Wildman–Crippen LogP) is 0.921. The van der Waals surface area contributed by atoms with Crippen LogP contribution in [-0.2, 0) is 14.6 Å². The zero-order valence-corrected chi connectivity index (χ0v) is 16.1. The van der Waals surface area contributed by atoms with Crippen molar-refractivity contribution in [3.05, 3.63) is 39.9 Å². The highest BCUT2D eigenvalue weighted by atomic mass is 35.5. The molecule has 0 radical (unpaired) electrons. The van der Waals surface area contributed by atoms with E-state index in [-0.39, 0.29) is 17.7 Å². The standard InChI is InChI=1S/C17H20Cl2N2O3S/c18-15-2-1-3-16(19)14(15)4-5-17(22)21-9-7-20(8-10-21)13-6-11-25(23,24)12-13/h1-5,13H,6-12H2/p+1/b5-4+/t13-/m0/s1. The second kappa shape index (κ2) is 7.66. The predicted molar refractivity (Wildman–Crippen MR) is 99.8 cm³/mol. The van der Waals surface area contributed by atoms with Crippen molar-refractivity contribution in [1.29, 1.82) is 0 Å². The molecule has 1 amide bonds. The topological polar surface area (TPSA) is 58.9 Å². The minimum Gasteiger partial charge on any atom is -0.329 e. The van der Waals surface area contributed by atoms with E-state index in [1.54, 1.807) is 29.2 Å². The molecule has 3 rings (SSSR count). The SMILES string of the molecule is O=C(/C=C/c1c(Cl)cccc1Cl)N1CC[NH+]([C@H]2CCS(=O)(=O)C2)CC1. The number of rotatable bonds is 3. The number of carbonyl (C=O) groups excluding carboxylic acids is 1. The van der Waals surface area contributed by atoms with Crippen LogP contribution in [0.25, 0.3) is 6.08 Å². The fraction of sp³-hybridized carbons (Fsp3) is 0.471. The van der Waals surface area contributed by atoms with E-state index in [1.807, 2.05) is 0 Å². The molecule has 2 aliphatic rings. The average molecular weight is 404 g/mol. The summed E-state index contributed by atoms with van der Waals surface area (Å²) in [6.45, 7) is 2.83. The van der Waals surface area contributed by atoms with Gasteiger partial charge in [0.15, 0.2) is 9.84 Å². The van der Waals surface area contributed by atoms with Crippen molar-refractivity contribution in [1.82, 2.24) is 4.90 Å². The molecule has 2 fully saturated rings. The number of sulfone groups is 1. The van der Waals surface area contributed by atoms with Crippen molar-refractivity contribution < 1.29 is 18.1 Å². The molecule has 1 atom stereocenters. The van der Waals surface area contributed by atoms with Crippen LogP contribution in [0.3, 0.4) is 0 Å². The fourth-order valence-corrected chi connectivity index (χ4v) is 5.82. The molecule has 0 aromatic heterocycles. The number of amides is 1. The number of benzene rings is 1. The maximum Gasteiger partial charge on any atom is 0.246 e. The van der Waals surface area contributed by atoms with Crippen LogP contribution in [0, 0.1) is 0 Å². The zero-order valence-electron chi connectivity index (χ0n) is 13.7. The van der Waals surface area contributed by atoms with Gasteiger partial charge in [-0.1, -0.05) is 29.3 Å². The number of hydrogen-bond donors (Lipinski definition) is 1. The van der Waals surface area contributed by atoms with E-state index in [4.69, 9.17) is 23.2 Å². The summed E-state index contributed by atoms with van der Waals surface area (Å²) in [5, 5.41) is 1.02. The number of nitrogens with one attached hydrogen (secondary N) is 1. The van der Waals surface area contributed by atoms with E-state index < -0.39 is 9.84 Å². The lowest BCUT2D eigenvalue weighted by molar-refractivity contribution is -0.925. The van der Waals surface area contributed by atoms with Crippen molar-refractivity contribution in [2.45, 2.75) is 12.5 Å². The lowest BCUT2D eigenvalue weighted by Gasteiger charge is -2.34. The maximum absolute atomic E-state index is 12.4. The van der Waals surface area contributed by atoms with E-state index in [1.165, 1.54) is 11.0 Å². The van der Waals surface area contributed by atoms with Gasteiger partial charge in [0.05, 0.1) is 31.9 Å². The molecular weight excluding hydrogens is 383 g/mol. The van der Waals surface area contributed by atoms with Gasteiger partial charge in [-0.3, -0.25) is 4.79 Å². The fourth-order valence-electron chi connectivity index (χ4n) is 3.47. The van der Waals surface area contributed by atoms with Gasteiger partial charge in [-0.15, -0.1) is 0 Å². The van der Waals surface area contributed by atoms with Gasteiger partial charge in [0.1, 0.15) is 11.8 Å². The molecular formula is C17H21Cl2N2O3S+. The number of nitrogens with zero attached hydrogens (tertiary/aromatic N) is 1. The Bertz CT molecular complexity index is 767. The minimum absolute atomic E-state index is 0.0749. The first-order valence-electron chi connectivity index (χ1n) is 8.32. The van der Waals surface area contributed by atoms with Gasteiger partial charge in [-0.25, -0.2) is 8.42 Å². The Kier molecular flexibility index (Phi) is 5.73. The summed E-state index contributed by atoms with van der Waals surface area (Å²) in [5.74, 6) is 0.501. The van der Waals surface area contributed by atoms with Crippen LogP contribution < -0.4 is 4.90 Å². The minimum atomic E-state index is -2.86. The highest BCUT2D eigenvalue weighted by Gasteiger charge is 2.37. The van der Waals surface area contributed by atoms with Crippen LogP contribution in [0.5, 0.6) is 0 Å². The Morgan fingerprint density at radius 1 is 1.20 bits per heavy atom. The maximum atomic E-state index is 12.4. The van der Waals surface area contributed by atoms with Gasteiger partial charge in [0.2, 0.25) is 5.91 Å². The van der Waals surface area contributed by atoms with Crippen LogP contribution in [-0.4, -0.2) is 63.0 Å². The average Bonchev–Trinajstić information content (AvgIpc) is 2.94. The number of piperazine rings is 1. The number of halogens is 2. The third-order valence-electron chi connectivity index (χ3n) is 4.92. The summed E-state index contributed by atoms with van der Waals surface area (Å²) in [6.07, 6.45) is 3.88. The van der Waals surface area contributed by atoms with Crippen LogP contribution in [0.2, 0.25) is 10.0 Å². The smallest absolute Gasteiger partial charge is 0.246 e. The van der Waals surface area contributed by atoms with Crippen molar-refractivity contribution in [2.24, 2.45) is 0 Å².